The fourth-order valence-corrected chi connectivity index (χ4v) is 5.41. The molecule has 1 saturated carbocycles. The fraction of sp³-hybridized carbons (Fsp3) is 0.290. The number of hydrogen-bond donors (Lipinski definition) is 1. The van der Waals surface area contributed by atoms with Crippen LogP contribution in [0.3, 0.4) is 0 Å². The number of hydrogen-bond acceptors (Lipinski definition) is 6. The maximum absolute atomic E-state index is 12.2. The molecule has 1 amide bonds. The van der Waals surface area contributed by atoms with E-state index in [9.17, 15) is 4.79 Å². The number of pyridine rings is 1. The summed E-state index contributed by atoms with van der Waals surface area (Å²) < 4.78 is 18.1. The van der Waals surface area contributed by atoms with Gasteiger partial charge < -0.3 is 19.5 Å². The van der Waals surface area contributed by atoms with Gasteiger partial charge in [-0.15, -0.1) is 0 Å². The van der Waals surface area contributed by atoms with E-state index in [1.54, 1.807) is 20.4 Å². The van der Waals surface area contributed by atoms with Crippen LogP contribution < -0.4 is 19.5 Å². The van der Waals surface area contributed by atoms with Crippen molar-refractivity contribution in [2.45, 2.75) is 12.8 Å². The van der Waals surface area contributed by atoms with Gasteiger partial charge in [0.25, 0.3) is 5.91 Å². The van der Waals surface area contributed by atoms with Gasteiger partial charge in [-0.3, -0.25) is 14.7 Å². The van der Waals surface area contributed by atoms with E-state index in [2.05, 4.69) is 21.8 Å². The second-order valence-electron chi connectivity index (χ2n) is 10.1. The lowest BCUT2D eigenvalue weighted by atomic mass is 10.0. The summed E-state index contributed by atoms with van der Waals surface area (Å²) in [4.78, 5) is 19.2. The highest BCUT2D eigenvalue weighted by atomic mass is 16.5. The van der Waals surface area contributed by atoms with Gasteiger partial charge in [-0.05, 0) is 60.0 Å². The summed E-state index contributed by atoms with van der Waals surface area (Å²) in [6, 6.07) is 17.0. The van der Waals surface area contributed by atoms with Crippen LogP contribution in [-0.4, -0.2) is 56.2 Å². The number of rotatable bonds is 8. The van der Waals surface area contributed by atoms with Crippen LogP contribution in [0.15, 0.2) is 72.9 Å². The quantitative estimate of drug-likeness (QED) is 0.313. The van der Waals surface area contributed by atoms with Crippen molar-refractivity contribution in [3.8, 4) is 23.0 Å². The minimum absolute atomic E-state index is 0.118. The van der Waals surface area contributed by atoms with Gasteiger partial charge in [0.1, 0.15) is 18.1 Å². The van der Waals surface area contributed by atoms with Gasteiger partial charge in [0, 0.05) is 55.3 Å². The van der Waals surface area contributed by atoms with Crippen molar-refractivity contribution in [2.24, 2.45) is 5.41 Å². The van der Waals surface area contributed by atoms with E-state index < -0.39 is 0 Å². The number of carbonyl (C=O) groups is 1. The lowest BCUT2D eigenvalue weighted by Crippen LogP contribution is -2.26. The van der Waals surface area contributed by atoms with Crippen LogP contribution in [0.2, 0.25) is 0 Å². The van der Waals surface area contributed by atoms with Crippen LogP contribution >= 0.6 is 0 Å². The Hall–Kier alpha value is -4.10. The number of nitrogens with zero attached hydrogens (tertiary/aromatic N) is 2. The molecular weight excluding hydrogens is 478 g/mol. The summed E-state index contributed by atoms with van der Waals surface area (Å²) in [5.74, 6) is 2.50. The first-order chi connectivity index (χ1) is 18.5. The van der Waals surface area contributed by atoms with Crippen molar-refractivity contribution in [1.29, 1.82) is 0 Å². The molecule has 4 aromatic rings. The molecule has 0 bridgehead atoms. The maximum atomic E-state index is 12.2. The molecule has 2 fully saturated rings. The van der Waals surface area contributed by atoms with Crippen molar-refractivity contribution in [1.82, 2.24) is 15.2 Å². The molecule has 194 valence electrons. The first-order valence-electron chi connectivity index (χ1n) is 12.9. The van der Waals surface area contributed by atoms with E-state index >= 15 is 0 Å². The highest BCUT2D eigenvalue weighted by molar-refractivity contribution is 6.07. The SMILES string of the molecule is C=C1CN(CCOc2cc3nccc(Oc4ccc5c(C(=O)NC)cccc5c4)c3cc2OC)CC12CC2. The Kier molecular flexibility index (Phi) is 6.16. The van der Waals surface area contributed by atoms with E-state index in [1.165, 1.54) is 18.4 Å². The zero-order valence-corrected chi connectivity index (χ0v) is 21.8. The molecule has 1 spiro atoms. The third-order valence-electron chi connectivity index (χ3n) is 7.75. The lowest BCUT2D eigenvalue weighted by molar-refractivity contribution is 0.0964. The Morgan fingerprint density at radius 1 is 1.08 bits per heavy atom. The number of ether oxygens (including phenoxy) is 3. The molecule has 2 heterocycles. The molecule has 38 heavy (non-hydrogen) atoms. The van der Waals surface area contributed by atoms with Crippen molar-refractivity contribution in [3.05, 3.63) is 78.5 Å². The normalized spacial score (nSPS) is 16.2. The molecule has 2 aliphatic rings. The Morgan fingerprint density at radius 2 is 1.95 bits per heavy atom. The number of methoxy groups -OCH3 is 1. The molecular formula is C31H31N3O4. The van der Waals surface area contributed by atoms with Crippen LogP contribution in [0.4, 0.5) is 0 Å². The molecule has 3 aromatic carbocycles. The summed E-state index contributed by atoms with van der Waals surface area (Å²) >= 11 is 0. The molecule has 1 N–H and O–H groups in total. The number of amides is 1. The molecule has 0 radical (unpaired) electrons. The van der Waals surface area contributed by atoms with E-state index in [4.69, 9.17) is 14.2 Å². The van der Waals surface area contributed by atoms with Gasteiger partial charge >= 0.3 is 0 Å². The maximum Gasteiger partial charge on any atom is 0.251 e. The van der Waals surface area contributed by atoms with E-state index in [1.807, 2.05) is 54.6 Å². The number of benzene rings is 3. The van der Waals surface area contributed by atoms with Gasteiger partial charge in [-0.25, -0.2) is 0 Å². The largest absolute Gasteiger partial charge is 0.493 e. The van der Waals surface area contributed by atoms with Crippen LogP contribution in [0.5, 0.6) is 23.0 Å². The fourth-order valence-electron chi connectivity index (χ4n) is 5.41. The van der Waals surface area contributed by atoms with Crippen molar-refractivity contribution >= 4 is 27.6 Å². The number of likely N-dealkylation sites (tertiary alicyclic amines) is 1. The van der Waals surface area contributed by atoms with Gasteiger partial charge in [-0.1, -0.05) is 24.3 Å². The number of carbonyl (C=O) groups excluding carboxylic acids is 1. The van der Waals surface area contributed by atoms with E-state index in [-0.39, 0.29) is 5.91 Å². The third-order valence-corrected chi connectivity index (χ3v) is 7.75. The first kappa shape index (κ1) is 24.2. The van der Waals surface area contributed by atoms with Gasteiger partial charge in [-0.2, -0.15) is 0 Å². The summed E-state index contributed by atoms with van der Waals surface area (Å²) in [6.45, 7) is 7.74. The molecule has 1 saturated heterocycles. The first-order valence-corrected chi connectivity index (χ1v) is 12.9. The Balaban J connectivity index is 1.22. The second-order valence-corrected chi connectivity index (χ2v) is 10.1. The highest BCUT2D eigenvalue weighted by Gasteiger charge is 2.50. The van der Waals surface area contributed by atoms with Crippen molar-refractivity contribution < 1.29 is 19.0 Å². The molecule has 1 aliphatic heterocycles. The standard InChI is InChI=1S/C31H31N3O4/c1-20-18-34(19-31(20)10-11-31)13-14-37-29-17-26-25(16-28(29)36-3)27(9-12-33-26)38-22-7-8-23-21(15-22)5-4-6-24(23)30(35)32-2/h4-9,12,15-17H,1,10-11,13-14,18-19H2,2-3H3,(H,32,35). The average molecular weight is 510 g/mol. The van der Waals surface area contributed by atoms with Gasteiger partial charge in [0.05, 0.1) is 12.6 Å². The van der Waals surface area contributed by atoms with Gasteiger partial charge in [0.2, 0.25) is 0 Å². The number of fused-ring (bicyclic) bond motifs is 2. The molecule has 1 aromatic heterocycles. The van der Waals surface area contributed by atoms with Gasteiger partial charge in [0.15, 0.2) is 11.5 Å². The zero-order valence-electron chi connectivity index (χ0n) is 21.8. The van der Waals surface area contributed by atoms with E-state index in [0.29, 0.717) is 40.6 Å². The molecule has 0 unspecified atom stereocenters. The molecule has 7 heteroatoms. The smallest absolute Gasteiger partial charge is 0.251 e. The van der Waals surface area contributed by atoms with Crippen molar-refractivity contribution in [3.63, 3.8) is 0 Å². The van der Waals surface area contributed by atoms with Crippen LogP contribution in [0, 0.1) is 5.41 Å². The topological polar surface area (TPSA) is 72.9 Å². The molecule has 1 aliphatic carbocycles. The predicted octanol–water partition coefficient (Wildman–Crippen LogP) is 5.58. The summed E-state index contributed by atoms with van der Waals surface area (Å²) in [5.41, 5.74) is 3.14. The van der Waals surface area contributed by atoms with E-state index in [0.717, 1.165) is 41.3 Å². The van der Waals surface area contributed by atoms with Crippen LogP contribution in [-0.2, 0) is 0 Å². The zero-order chi connectivity index (χ0) is 26.3. The predicted molar refractivity (Wildman–Crippen MR) is 148 cm³/mol. The minimum atomic E-state index is -0.118. The average Bonchev–Trinajstić information content (AvgIpc) is 3.65. The third kappa shape index (κ3) is 4.43. The Bertz CT molecular complexity index is 1560. The molecule has 7 nitrogen and oxygen atoms in total. The molecule has 6 rings (SSSR count). The van der Waals surface area contributed by atoms with Crippen LogP contribution in [0.25, 0.3) is 21.7 Å². The lowest BCUT2D eigenvalue weighted by Gasteiger charge is -2.17. The molecule has 0 atom stereocenters. The Labute approximate surface area is 222 Å². The number of nitrogens with one attached hydrogen (secondary N) is 1. The second kappa shape index (κ2) is 9.65. The summed E-state index contributed by atoms with van der Waals surface area (Å²) in [7, 11) is 3.27. The summed E-state index contributed by atoms with van der Waals surface area (Å²) in [5, 5.41) is 5.30. The van der Waals surface area contributed by atoms with Crippen molar-refractivity contribution in [2.75, 3.05) is 40.4 Å². The minimum Gasteiger partial charge on any atom is -0.493 e. The Morgan fingerprint density at radius 3 is 2.71 bits per heavy atom. The monoisotopic (exact) mass is 509 g/mol. The summed E-state index contributed by atoms with van der Waals surface area (Å²) in [6.07, 6.45) is 4.27. The van der Waals surface area contributed by atoms with Crippen LogP contribution in [0.1, 0.15) is 23.2 Å². The highest BCUT2D eigenvalue weighted by Crippen LogP contribution is 2.55. The number of aromatic nitrogens is 1.